The highest BCUT2D eigenvalue weighted by Gasteiger charge is 2.19. The van der Waals surface area contributed by atoms with Crippen molar-refractivity contribution in [2.24, 2.45) is 0 Å². The lowest BCUT2D eigenvalue weighted by Crippen LogP contribution is -2.15. The number of nitrogens with one attached hydrogen (secondary N) is 2. The van der Waals surface area contributed by atoms with Gasteiger partial charge < -0.3 is 10.3 Å². The number of amides is 1. The van der Waals surface area contributed by atoms with Gasteiger partial charge in [-0.3, -0.25) is 19.7 Å². The van der Waals surface area contributed by atoms with Gasteiger partial charge in [0.05, 0.1) is 21.8 Å². The molecule has 0 bridgehead atoms. The summed E-state index contributed by atoms with van der Waals surface area (Å²) in [7, 11) is 0. The van der Waals surface area contributed by atoms with E-state index in [2.05, 4.69) is 15.3 Å². The lowest BCUT2D eigenvalue weighted by molar-refractivity contribution is -0.384. The van der Waals surface area contributed by atoms with Gasteiger partial charge in [0.2, 0.25) is 5.91 Å². The molecule has 0 saturated carbocycles. The summed E-state index contributed by atoms with van der Waals surface area (Å²) in [6.45, 7) is 1.73. The zero-order valence-corrected chi connectivity index (χ0v) is 18.0. The quantitative estimate of drug-likeness (QED) is 0.439. The summed E-state index contributed by atoms with van der Waals surface area (Å²) in [6.07, 6.45) is 4.21. The second kappa shape index (κ2) is 8.57. The Morgan fingerprint density at radius 1 is 1.33 bits per heavy atom. The molecular weight excluding hydrogens is 424 g/mol. The van der Waals surface area contributed by atoms with Gasteiger partial charge in [-0.1, -0.05) is 0 Å². The number of non-ortho nitro benzene ring substituents is 1. The molecular formula is C20H20N4O4S2. The van der Waals surface area contributed by atoms with Crippen LogP contribution in [-0.4, -0.2) is 26.6 Å². The van der Waals surface area contributed by atoms with Crippen LogP contribution >= 0.6 is 23.1 Å². The van der Waals surface area contributed by atoms with Gasteiger partial charge in [0.1, 0.15) is 10.7 Å². The molecule has 1 amide bonds. The molecule has 156 valence electrons. The minimum Gasteiger partial charge on any atom is -0.325 e. The van der Waals surface area contributed by atoms with E-state index in [1.807, 2.05) is 0 Å². The lowest BCUT2D eigenvalue weighted by Gasteiger charge is -2.09. The molecule has 1 aliphatic carbocycles. The molecule has 0 spiro atoms. The van der Waals surface area contributed by atoms with Gasteiger partial charge in [-0.2, -0.15) is 0 Å². The number of hydrogen-bond donors (Lipinski definition) is 2. The van der Waals surface area contributed by atoms with Crippen molar-refractivity contribution in [2.45, 2.75) is 38.4 Å². The third kappa shape index (κ3) is 4.39. The van der Waals surface area contributed by atoms with Gasteiger partial charge >= 0.3 is 0 Å². The molecule has 2 N–H and O–H groups in total. The fraction of sp³-hybridized carbons (Fsp3) is 0.350. The zero-order chi connectivity index (χ0) is 21.3. The summed E-state index contributed by atoms with van der Waals surface area (Å²) >= 11 is 2.93. The number of aromatic amines is 1. The van der Waals surface area contributed by atoms with Crippen LogP contribution in [0.25, 0.3) is 10.2 Å². The van der Waals surface area contributed by atoms with E-state index in [0.29, 0.717) is 22.8 Å². The first-order valence-corrected chi connectivity index (χ1v) is 11.5. The summed E-state index contributed by atoms with van der Waals surface area (Å²) in [4.78, 5) is 44.7. The third-order valence-corrected chi connectivity index (χ3v) is 7.03. The first-order chi connectivity index (χ1) is 14.4. The van der Waals surface area contributed by atoms with Crippen molar-refractivity contribution < 1.29 is 9.72 Å². The molecule has 2 aromatic heterocycles. The molecule has 0 aliphatic heterocycles. The standard InChI is InChI=1S/C20H20N4O4S2/c1-11-6-12(8-13(7-11)24(27)28)21-17(25)10-29-9-16-22-19(26)18-14-4-2-3-5-15(14)30-20(18)23-16/h6-8H,2-5,9-10H2,1H3,(H,21,25)(H,22,23,26). The highest BCUT2D eigenvalue weighted by molar-refractivity contribution is 7.99. The van der Waals surface area contributed by atoms with Crippen LogP contribution in [0.2, 0.25) is 0 Å². The van der Waals surface area contributed by atoms with Crippen LogP contribution in [-0.2, 0) is 23.4 Å². The number of carbonyl (C=O) groups is 1. The molecule has 2 heterocycles. The maximum atomic E-state index is 12.6. The number of fused-ring (bicyclic) bond motifs is 3. The topological polar surface area (TPSA) is 118 Å². The van der Waals surface area contributed by atoms with E-state index >= 15 is 0 Å². The summed E-state index contributed by atoms with van der Waals surface area (Å²) in [5, 5.41) is 14.4. The number of carbonyl (C=O) groups excluding carboxylic acids is 1. The highest BCUT2D eigenvalue weighted by Crippen LogP contribution is 2.33. The molecule has 4 rings (SSSR count). The Hall–Kier alpha value is -2.72. The minimum atomic E-state index is -0.488. The first kappa shape index (κ1) is 20.5. The Morgan fingerprint density at radius 2 is 2.13 bits per heavy atom. The molecule has 0 radical (unpaired) electrons. The summed E-state index contributed by atoms with van der Waals surface area (Å²) in [5.41, 5.74) is 2.07. The van der Waals surface area contributed by atoms with Gasteiger partial charge in [0.15, 0.2) is 0 Å². The smallest absolute Gasteiger partial charge is 0.271 e. The Balaban J connectivity index is 1.39. The molecule has 1 aromatic carbocycles. The van der Waals surface area contributed by atoms with Crippen molar-refractivity contribution in [1.29, 1.82) is 0 Å². The second-order valence-corrected chi connectivity index (χ2v) is 9.33. The summed E-state index contributed by atoms with van der Waals surface area (Å²) in [5.74, 6) is 0.824. The van der Waals surface area contributed by atoms with Crippen molar-refractivity contribution in [2.75, 3.05) is 11.1 Å². The van der Waals surface area contributed by atoms with Crippen LogP contribution in [0.5, 0.6) is 0 Å². The van der Waals surface area contributed by atoms with Crippen LogP contribution in [0.1, 0.15) is 34.7 Å². The first-order valence-electron chi connectivity index (χ1n) is 9.58. The fourth-order valence-corrected chi connectivity index (χ4v) is 5.63. The van der Waals surface area contributed by atoms with Crippen molar-refractivity contribution in [3.8, 4) is 0 Å². The number of aromatic nitrogens is 2. The number of hydrogen-bond acceptors (Lipinski definition) is 7. The largest absolute Gasteiger partial charge is 0.325 e. The maximum Gasteiger partial charge on any atom is 0.271 e. The zero-order valence-electron chi connectivity index (χ0n) is 16.3. The average Bonchev–Trinajstić information content (AvgIpc) is 3.06. The number of nitrogens with zero attached hydrogens (tertiary/aromatic N) is 2. The molecule has 0 atom stereocenters. The Labute approximate surface area is 180 Å². The number of thiophene rings is 1. The Kier molecular flexibility index (Phi) is 5.87. The number of nitro groups is 1. The van der Waals surface area contributed by atoms with Crippen LogP contribution in [0.15, 0.2) is 23.0 Å². The Morgan fingerprint density at radius 3 is 2.93 bits per heavy atom. The van der Waals surface area contributed by atoms with Crippen molar-refractivity contribution in [3.05, 3.63) is 60.5 Å². The number of H-pyrrole nitrogens is 1. The van der Waals surface area contributed by atoms with E-state index in [1.165, 1.54) is 28.8 Å². The molecule has 0 saturated heterocycles. The molecule has 3 aromatic rings. The molecule has 0 unspecified atom stereocenters. The molecule has 10 heteroatoms. The number of anilines is 1. The molecule has 0 fully saturated rings. The molecule has 30 heavy (non-hydrogen) atoms. The van der Waals surface area contributed by atoms with Crippen molar-refractivity contribution in [3.63, 3.8) is 0 Å². The average molecular weight is 445 g/mol. The predicted molar refractivity (Wildman–Crippen MR) is 120 cm³/mol. The van der Waals surface area contributed by atoms with Crippen molar-refractivity contribution in [1.82, 2.24) is 9.97 Å². The molecule has 8 nitrogen and oxygen atoms in total. The van der Waals surface area contributed by atoms with E-state index in [0.717, 1.165) is 41.5 Å². The van der Waals surface area contributed by atoms with Crippen LogP contribution in [0, 0.1) is 17.0 Å². The summed E-state index contributed by atoms with van der Waals surface area (Å²) < 4.78 is 0. The van der Waals surface area contributed by atoms with E-state index in [1.54, 1.807) is 24.3 Å². The lowest BCUT2D eigenvalue weighted by atomic mass is 9.97. The van der Waals surface area contributed by atoms with Gasteiger partial charge in [0.25, 0.3) is 11.2 Å². The van der Waals surface area contributed by atoms with Crippen molar-refractivity contribution >= 4 is 50.6 Å². The minimum absolute atomic E-state index is 0.0633. The number of nitro benzene ring substituents is 1. The molecule has 1 aliphatic rings. The SMILES string of the molecule is Cc1cc(NC(=O)CSCc2nc3sc4c(c3c(=O)[nH]2)CCCC4)cc([N+](=O)[O-])c1. The van der Waals surface area contributed by atoms with E-state index in [9.17, 15) is 19.7 Å². The third-order valence-electron chi connectivity index (χ3n) is 4.90. The number of thioether (sulfide) groups is 1. The van der Waals surface area contributed by atoms with Crippen LogP contribution in [0.3, 0.4) is 0 Å². The van der Waals surface area contributed by atoms with Gasteiger partial charge in [-0.05, 0) is 49.8 Å². The second-order valence-electron chi connectivity index (χ2n) is 7.26. The fourth-order valence-electron chi connectivity index (χ4n) is 3.65. The Bertz CT molecular complexity index is 1200. The van der Waals surface area contributed by atoms with Gasteiger partial charge in [-0.25, -0.2) is 4.98 Å². The summed E-state index contributed by atoms with van der Waals surface area (Å²) in [6, 6.07) is 4.47. The van der Waals surface area contributed by atoms with Crippen LogP contribution in [0.4, 0.5) is 11.4 Å². The predicted octanol–water partition coefficient (Wildman–Crippen LogP) is 3.95. The maximum absolute atomic E-state index is 12.6. The van der Waals surface area contributed by atoms with Crippen LogP contribution < -0.4 is 10.9 Å². The number of benzene rings is 1. The van der Waals surface area contributed by atoms with Gasteiger partial charge in [-0.15, -0.1) is 23.1 Å². The van der Waals surface area contributed by atoms with Gasteiger partial charge in [0, 0.05) is 22.7 Å². The number of aryl methyl sites for hydroxylation is 3. The number of rotatable bonds is 6. The van der Waals surface area contributed by atoms with E-state index in [-0.39, 0.29) is 22.9 Å². The van der Waals surface area contributed by atoms with E-state index < -0.39 is 4.92 Å². The monoisotopic (exact) mass is 444 g/mol. The van der Waals surface area contributed by atoms with E-state index in [4.69, 9.17) is 0 Å². The normalized spacial score (nSPS) is 13.2. The highest BCUT2D eigenvalue weighted by atomic mass is 32.2.